The highest BCUT2D eigenvalue weighted by molar-refractivity contribution is 7.17. The van der Waals surface area contributed by atoms with Crippen LogP contribution in [0, 0.1) is 0 Å². The van der Waals surface area contributed by atoms with Crippen molar-refractivity contribution < 1.29 is 4.74 Å². The third-order valence-corrected chi connectivity index (χ3v) is 4.80. The zero-order valence-electron chi connectivity index (χ0n) is 12.2. The Balaban J connectivity index is 2.18. The average Bonchev–Trinajstić information content (AvgIpc) is 2.84. The van der Waals surface area contributed by atoms with E-state index in [1.54, 1.807) is 7.11 Å². The molecule has 2 aromatic rings. The smallest absolute Gasteiger partial charge is 0.0623 e. The van der Waals surface area contributed by atoms with E-state index in [1.165, 1.54) is 15.6 Å². The predicted octanol–water partition coefficient (Wildman–Crippen LogP) is 4.37. The molecule has 19 heavy (non-hydrogen) atoms. The lowest BCUT2D eigenvalue weighted by Gasteiger charge is -2.25. The number of hydrogen-bond acceptors (Lipinski definition) is 3. The molecule has 3 heteroatoms. The van der Waals surface area contributed by atoms with Gasteiger partial charge in [0.2, 0.25) is 0 Å². The summed E-state index contributed by atoms with van der Waals surface area (Å²) >= 11 is 1.83. The van der Waals surface area contributed by atoms with Crippen LogP contribution in [0.15, 0.2) is 29.6 Å². The zero-order valence-corrected chi connectivity index (χ0v) is 13.0. The molecule has 0 aliphatic heterocycles. The molecule has 2 rings (SSSR count). The molecule has 1 N–H and O–H groups in total. The van der Waals surface area contributed by atoms with Crippen molar-refractivity contribution >= 4 is 21.4 Å². The van der Waals surface area contributed by atoms with Crippen LogP contribution in [-0.2, 0) is 4.74 Å². The third kappa shape index (κ3) is 3.35. The Morgan fingerprint density at radius 1 is 1.32 bits per heavy atom. The van der Waals surface area contributed by atoms with Crippen molar-refractivity contribution in [2.24, 2.45) is 0 Å². The molecule has 1 aromatic carbocycles. The molecule has 104 valence electrons. The van der Waals surface area contributed by atoms with Crippen LogP contribution in [0.3, 0.4) is 0 Å². The first-order chi connectivity index (χ1) is 9.07. The quantitative estimate of drug-likeness (QED) is 0.846. The first kappa shape index (κ1) is 14.5. The number of methoxy groups -OCH3 is 1. The number of ether oxygens (including phenoxy) is 1. The summed E-state index contributed by atoms with van der Waals surface area (Å²) in [6.07, 6.45) is 2.12. The van der Waals surface area contributed by atoms with Crippen LogP contribution >= 0.6 is 11.3 Å². The molecule has 0 aliphatic carbocycles. The summed E-state index contributed by atoms with van der Waals surface area (Å²) < 4.78 is 6.88. The van der Waals surface area contributed by atoms with Crippen LogP contribution in [0.2, 0.25) is 0 Å². The van der Waals surface area contributed by atoms with Crippen LogP contribution in [0.25, 0.3) is 10.1 Å². The molecule has 0 saturated carbocycles. The number of thiophene rings is 1. The largest absolute Gasteiger partial charge is 0.379 e. The van der Waals surface area contributed by atoms with Crippen molar-refractivity contribution in [1.82, 2.24) is 5.32 Å². The van der Waals surface area contributed by atoms with Crippen molar-refractivity contribution in [3.8, 4) is 0 Å². The second kappa shape index (κ2) is 6.04. The van der Waals surface area contributed by atoms with E-state index < -0.39 is 0 Å². The maximum Gasteiger partial charge on any atom is 0.0623 e. The number of nitrogens with one attached hydrogen (secondary N) is 1. The van der Waals surface area contributed by atoms with Gasteiger partial charge in [0.25, 0.3) is 0 Å². The van der Waals surface area contributed by atoms with Crippen molar-refractivity contribution in [3.05, 3.63) is 35.2 Å². The van der Waals surface area contributed by atoms with Gasteiger partial charge in [-0.3, -0.25) is 0 Å². The fraction of sp³-hybridized carbons (Fsp3) is 0.500. The summed E-state index contributed by atoms with van der Waals surface area (Å²) in [5.41, 5.74) is 1.36. The molecule has 0 radical (unpaired) electrons. The Morgan fingerprint density at radius 3 is 2.74 bits per heavy atom. The predicted molar refractivity (Wildman–Crippen MR) is 83.9 cm³/mol. The molecule has 1 atom stereocenters. The highest BCUT2D eigenvalue weighted by Crippen LogP contribution is 2.33. The second-order valence-electron chi connectivity index (χ2n) is 5.53. The van der Waals surface area contributed by atoms with Crippen LogP contribution < -0.4 is 5.32 Å². The number of fused-ring (bicyclic) bond motifs is 1. The lowest BCUT2D eigenvalue weighted by Crippen LogP contribution is -2.25. The summed E-state index contributed by atoms with van der Waals surface area (Å²) in [6, 6.07) is 9.02. The molecular weight excluding hydrogens is 254 g/mol. The summed E-state index contributed by atoms with van der Waals surface area (Å²) in [6.45, 7) is 4.29. The summed E-state index contributed by atoms with van der Waals surface area (Å²) in [7, 11) is 3.82. The molecule has 0 saturated heterocycles. The number of rotatable bonds is 6. The highest BCUT2D eigenvalue weighted by Gasteiger charge is 2.21. The van der Waals surface area contributed by atoms with E-state index >= 15 is 0 Å². The minimum atomic E-state index is -0.0546. The standard InChI is InChI=1S/C16H23NOS/c1-16(2,18-4)10-9-14(17-3)13-11-19-15-8-6-5-7-12(13)15/h5-8,11,14,17H,9-10H2,1-4H3. The molecule has 1 unspecified atom stereocenters. The Labute approximate surface area is 119 Å². The first-order valence-electron chi connectivity index (χ1n) is 6.76. The molecule has 0 bridgehead atoms. The second-order valence-corrected chi connectivity index (χ2v) is 6.44. The third-order valence-electron chi connectivity index (χ3n) is 3.82. The van der Waals surface area contributed by atoms with Gasteiger partial charge in [-0.15, -0.1) is 11.3 Å². The van der Waals surface area contributed by atoms with E-state index in [-0.39, 0.29) is 5.60 Å². The maximum absolute atomic E-state index is 5.51. The fourth-order valence-electron chi connectivity index (χ4n) is 2.32. The monoisotopic (exact) mass is 277 g/mol. The van der Waals surface area contributed by atoms with Gasteiger partial charge in [-0.25, -0.2) is 0 Å². The molecule has 1 heterocycles. The van der Waals surface area contributed by atoms with Crippen molar-refractivity contribution in [2.75, 3.05) is 14.2 Å². The van der Waals surface area contributed by atoms with Gasteiger partial charge < -0.3 is 10.1 Å². The van der Waals surface area contributed by atoms with Gasteiger partial charge in [0.1, 0.15) is 0 Å². The van der Waals surface area contributed by atoms with Crippen LogP contribution in [0.4, 0.5) is 0 Å². The van der Waals surface area contributed by atoms with Crippen LogP contribution in [0.5, 0.6) is 0 Å². The van der Waals surface area contributed by atoms with Gasteiger partial charge >= 0.3 is 0 Å². The number of benzene rings is 1. The molecule has 0 amide bonds. The molecule has 1 aromatic heterocycles. The van der Waals surface area contributed by atoms with Gasteiger partial charge in [0.15, 0.2) is 0 Å². The Bertz CT molecular complexity index is 532. The SMILES string of the molecule is CNC(CCC(C)(C)OC)c1csc2ccccc12. The van der Waals surface area contributed by atoms with Crippen LogP contribution in [0.1, 0.15) is 38.3 Å². The molecule has 0 fully saturated rings. The van der Waals surface area contributed by atoms with E-state index in [9.17, 15) is 0 Å². The van der Waals surface area contributed by atoms with Crippen LogP contribution in [-0.4, -0.2) is 19.8 Å². The van der Waals surface area contributed by atoms with E-state index in [0.717, 1.165) is 12.8 Å². The molecular formula is C16H23NOS. The Morgan fingerprint density at radius 2 is 2.05 bits per heavy atom. The lowest BCUT2D eigenvalue weighted by atomic mass is 9.95. The van der Waals surface area contributed by atoms with E-state index in [2.05, 4.69) is 48.8 Å². The normalized spacial score (nSPS) is 13.9. The first-order valence-corrected chi connectivity index (χ1v) is 7.64. The minimum absolute atomic E-state index is 0.0546. The Kier molecular flexibility index (Phi) is 4.61. The van der Waals surface area contributed by atoms with Crippen molar-refractivity contribution in [1.29, 1.82) is 0 Å². The van der Waals surface area contributed by atoms with Crippen molar-refractivity contribution in [2.45, 2.75) is 38.3 Å². The van der Waals surface area contributed by atoms with Gasteiger partial charge in [0, 0.05) is 17.9 Å². The maximum atomic E-state index is 5.51. The van der Waals surface area contributed by atoms with Gasteiger partial charge in [-0.2, -0.15) is 0 Å². The zero-order chi connectivity index (χ0) is 13.9. The molecule has 0 aliphatic rings. The van der Waals surface area contributed by atoms with Gasteiger partial charge in [-0.1, -0.05) is 18.2 Å². The number of hydrogen-bond donors (Lipinski definition) is 1. The molecule has 0 spiro atoms. The Hall–Kier alpha value is -0.900. The van der Waals surface area contributed by atoms with E-state index in [4.69, 9.17) is 4.74 Å². The lowest BCUT2D eigenvalue weighted by molar-refractivity contribution is 0.0119. The minimum Gasteiger partial charge on any atom is -0.379 e. The summed E-state index contributed by atoms with van der Waals surface area (Å²) in [5, 5.41) is 7.10. The van der Waals surface area contributed by atoms with E-state index in [1.807, 2.05) is 18.4 Å². The van der Waals surface area contributed by atoms with E-state index in [0.29, 0.717) is 6.04 Å². The topological polar surface area (TPSA) is 21.3 Å². The average molecular weight is 277 g/mol. The summed E-state index contributed by atoms with van der Waals surface area (Å²) in [5.74, 6) is 0. The summed E-state index contributed by atoms with van der Waals surface area (Å²) in [4.78, 5) is 0. The highest BCUT2D eigenvalue weighted by atomic mass is 32.1. The molecule has 2 nitrogen and oxygen atoms in total. The van der Waals surface area contributed by atoms with Gasteiger partial charge in [0.05, 0.1) is 5.60 Å². The fourth-order valence-corrected chi connectivity index (χ4v) is 3.33. The van der Waals surface area contributed by atoms with Crippen molar-refractivity contribution in [3.63, 3.8) is 0 Å². The van der Waals surface area contributed by atoms with Gasteiger partial charge in [-0.05, 0) is 56.1 Å².